The molecule has 0 spiro atoms. The fourth-order valence-corrected chi connectivity index (χ4v) is 4.20. The van der Waals surface area contributed by atoms with Gasteiger partial charge in [0.15, 0.2) is 0 Å². The summed E-state index contributed by atoms with van der Waals surface area (Å²) in [6, 6.07) is 8.21. The number of nitrogens with one attached hydrogen (secondary N) is 1. The van der Waals surface area contributed by atoms with Gasteiger partial charge in [0.1, 0.15) is 0 Å². The van der Waals surface area contributed by atoms with E-state index >= 15 is 0 Å². The Hall–Kier alpha value is -0.280. The predicted molar refractivity (Wildman–Crippen MR) is 90.1 cm³/mol. The van der Waals surface area contributed by atoms with Crippen molar-refractivity contribution < 1.29 is 0 Å². The normalized spacial score (nSPS) is 28.3. The molecule has 2 aliphatic heterocycles. The molecule has 0 aromatic heterocycles. The molecule has 0 radical (unpaired) electrons. The van der Waals surface area contributed by atoms with Crippen molar-refractivity contribution in [2.24, 2.45) is 0 Å². The predicted octanol–water partition coefficient (Wildman–Crippen LogP) is 4.49. The molecule has 4 heteroatoms. The molecule has 2 bridgehead atoms. The maximum Gasteiger partial charge on any atom is 0.0595 e. The van der Waals surface area contributed by atoms with Gasteiger partial charge in [0.2, 0.25) is 0 Å². The van der Waals surface area contributed by atoms with Gasteiger partial charge in [0.25, 0.3) is 0 Å². The third-order valence-electron chi connectivity index (χ3n) is 4.85. The van der Waals surface area contributed by atoms with Crippen molar-refractivity contribution in [2.75, 3.05) is 6.54 Å². The summed E-state index contributed by atoms with van der Waals surface area (Å²) in [6.45, 7) is 4.40. The molecule has 2 aliphatic rings. The van der Waals surface area contributed by atoms with Crippen LogP contribution in [0, 0.1) is 0 Å². The van der Waals surface area contributed by atoms with Gasteiger partial charge in [-0.05, 0) is 56.3 Å². The molecule has 0 amide bonds. The second-order valence-corrected chi connectivity index (χ2v) is 7.30. The smallest absolute Gasteiger partial charge is 0.0595 e. The van der Waals surface area contributed by atoms with Crippen LogP contribution in [-0.2, 0) is 6.54 Å². The van der Waals surface area contributed by atoms with Gasteiger partial charge in [0.05, 0.1) is 10.0 Å². The van der Waals surface area contributed by atoms with Crippen LogP contribution in [0.25, 0.3) is 0 Å². The first-order chi connectivity index (χ1) is 10.2. The van der Waals surface area contributed by atoms with Gasteiger partial charge in [0, 0.05) is 24.7 Å². The molecule has 2 atom stereocenters. The van der Waals surface area contributed by atoms with Crippen LogP contribution in [-0.4, -0.2) is 29.6 Å². The minimum Gasteiger partial charge on any atom is -0.311 e. The summed E-state index contributed by atoms with van der Waals surface area (Å²) in [7, 11) is 0. The molecule has 0 saturated carbocycles. The van der Waals surface area contributed by atoms with E-state index in [1.165, 1.54) is 37.7 Å². The summed E-state index contributed by atoms with van der Waals surface area (Å²) < 4.78 is 0. The third kappa shape index (κ3) is 3.73. The van der Waals surface area contributed by atoms with Crippen LogP contribution in [0.15, 0.2) is 18.2 Å². The van der Waals surface area contributed by atoms with Crippen molar-refractivity contribution in [3.8, 4) is 0 Å². The molecule has 2 fully saturated rings. The molecular weight excluding hydrogens is 303 g/mol. The Balaban J connectivity index is 1.70. The minimum atomic E-state index is 0.641. The maximum absolute atomic E-state index is 6.16. The number of nitrogens with zero attached hydrogens (tertiary/aromatic N) is 1. The maximum atomic E-state index is 6.16. The number of hydrogen-bond donors (Lipinski definition) is 1. The fraction of sp³-hybridized carbons (Fsp3) is 0.647. The van der Waals surface area contributed by atoms with Gasteiger partial charge >= 0.3 is 0 Å². The molecule has 21 heavy (non-hydrogen) atoms. The van der Waals surface area contributed by atoms with E-state index in [1.54, 1.807) is 0 Å². The monoisotopic (exact) mass is 326 g/mol. The molecule has 3 rings (SSSR count). The van der Waals surface area contributed by atoms with Gasteiger partial charge < -0.3 is 5.32 Å². The first-order valence-electron chi connectivity index (χ1n) is 8.09. The molecule has 2 saturated heterocycles. The van der Waals surface area contributed by atoms with Crippen molar-refractivity contribution in [3.63, 3.8) is 0 Å². The lowest BCUT2D eigenvalue weighted by Crippen LogP contribution is -2.48. The standard InChI is InChI=1S/C17H24Cl2N2/c1-2-7-21(11-12-3-6-16(18)17(19)8-12)15-9-13-4-5-14(10-15)20-13/h3,6,8,13-15,20H,2,4-5,7,9-11H2,1H3. The third-order valence-corrected chi connectivity index (χ3v) is 5.58. The summed E-state index contributed by atoms with van der Waals surface area (Å²) in [5.41, 5.74) is 1.27. The number of benzene rings is 1. The van der Waals surface area contributed by atoms with E-state index in [2.05, 4.69) is 23.2 Å². The quantitative estimate of drug-likeness (QED) is 0.857. The van der Waals surface area contributed by atoms with Crippen molar-refractivity contribution in [1.82, 2.24) is 10.2 Å². The van der Waals surface area contributed by atoms with Gasteiger partial charge in [-0.3, -0.25) is 4.90 Å². The van der Waals surface area contributed by atoms with E-state index < -0.39 is 0 Å². The summed E-state index contributed by atoms with van der Waals surface area (Å²) in [4.78, 5) is 2.64. The molecule has 116 valence electrons. The highest BCUT2D eigenvalue weighted by Crippen LogP contribution is 2.31. The van der Waals surface area contributed by atoms with Gasteiger partial charge in [-0.25, -0.2) is 0 Å². The molecule has 2 nitrogen and oxygen atoms in total. The van der Waals surface area contributed by atoms with E-state index in [-0.39, 0.29) is 0 Å². The number of fused-ring (bicyclic) bond motifs is 2. The van der Waals surface area contributed by atoms with Crippen LogP contribution in [0.1, 0.15) is 44.6 Å². The summed E-state index contributed by atoms with van der Waals surface area (Å²) in [5, 5.41) is 5.04. The Morgan fingerprint density at radius 1 is 1.14 bits per heavy atom. The van der Waals surface area contributed by atoms with Gasteiger partial charge in [-0.1, -0.05) is 36.2 Å². The molecule has 2 heterocycles. The average molecular weight is 327 g/mol. The molecule has 1 N–H and O–H groups in total. The summed E-state index contributed by atoms with van der Waals surface area (Å²) in [6.07, 6.45) is 6.48. The van der Waals surface area contributed by atoms with E-state index in [1.807, 2.05) is 12.1 Å². The second kappa shape index (κ2) is 6.87. The highest BCUT2D eigenvalue weighted by molar-refractivity contribution is 6.42. The number of piperidine rings is 1. The van der Waals surface area contributed by atoms with Crippen LogP contribution in [0.5, 0.6) is 0 Å². The Morgan fingerprint density at radius 2 is 1.86 bits per heavy atom. The summed E-state index contributed by atoms with van der Waals surface area (Å²) >= 11 is 12.2. The fourth-order valence-electron chi connectivity index (χ4n) is 3.88. The van der Waals surface area contributed by atoms with Crippen molar-refractivity contribution in [3.05, 3.63) is 33.8 Å². The zero-order valence-corrected chi connectivity index (χ0v) is 14.1. The first-order valence-corrected chi connectivity index (χ1v) is 8.85. The van der Waals surface area contributed by atoms with E-state index in [9.17, 15) is 0 Å². The van der Waals surface area contributed by atoms with Gasteiger partial charge in [-0.15, -0.1) is 0 Å². The Morgan fingerprint density at radius 3 is 2.48 bits per heavy atom. The molecule has 0 aliphatic carbocycles. The van der Waals surface area contributed by atoms with E-state index in [0.29, 0.717) is 16.1 Å². The lowest BCUT2D eigenvalue weighted by Gasteiger charge is -2.38. The SMILES string of the molecule is CCCN(Cc1ccc(Cl)c(Cl)c1)C1CC2CCC(C1)N2. The molecule has 2 unspecified atom stereocenters. The molecular formula is C17H24Cl2N2. The number of halogens is 2. The van der Waals surface area contributed by atoms with Crippen molar-refractivity contribution >= 4 is 23.2 Å². The van der Waals surface area contributed by atoms with Gasteiger partial charge in [-0.2, -0.15) is 0 Å². The second-order valence-electron chi connectivity index (χ2n) is 6.48. The van der Waals surface area contributed by atoms with Crippen LogP contribution in [0.2, 0.25) is 10.0 Å². The Bertz CT molecular complexity index is 480. The topological polar surface area (TPSA) is 15.3 Å². The van der Waals surface area contributed by atoms with Crippen molar-refractivity contribution in [1.29, 1.82) is 0 Å². The van der Waals surface area contributed by atoms with Crippen LogP contribution >= 0.6 is 23.2 Å². The highest BCUT2D eigenvalue weighted by atomic mass is 35.5. The summed E-state index contributed by atoms with van der Waals surface area (Å²) in [5.74, 6) is 0. The van der Waals surface area contributed by atoms with E-state index in [4.69, 9.17) is 23.2 Å². The average Bonchev–Trinajstić information content (AvgIpc) is 2.81. The highest BCUT2D eigenvalue weighted by Gasteiger charge is 2.35. The Labute approximate surface area is 137 Å². The van der Waals surface area contributed by atoms with Crippen LogP contribution < -0.4 is 5.32 Å². The zero-order valence-electron chi connectivity index (χ0n) is 12.6. The lowest BCUT2D eigenvalue weighted by molar-refractivity contribution is 0.134. The van der Waals surface area contributed by atoms with Crippen LogP contribution in [0.4, 0.5) is 0 Å². The molecule has 1 aromatic rings. The van der Waals surface area contributed by atoms with Crippen molar-refractivity contribution in [2.45, 2.75) is 63.7 Å². The Kier molecular flexibility index (Phi) is 5.11. The largest absolute Gasteiger partial charge is 0.311 e. The molecule has 1 aromatic carbocycles. The van der Waals surface area contributed by atoms with Crippen LogP contribution in [0.3, 0.4) is 0 Å². The minimum absolute atomic E-state index is 0.641. The van der Waals surface area contributed by atoms with E-state index in [0.717, 1.165) is 25.2 Å². The first kappa shape index (κ1) is 15.6. The zero-order chi connectivity index (χ0) is 14.8. The number of hydrogen-bond acceptors (Lipinski definition) is 2. The lowest BCUT2D eigenvalue weighted by atomic mass is 9.97. The number of rotatable bonds is 5.